The molecule has 0 nitrogen and oxygen atoms in total. The quantitative estimate of drug-likeness (QED) is 0.172. The van der Waals surface area contributed by atoms with Gasteiger partial charge in [-0.15, -0.1) is 11.6 Å². The number of alkyl halides is 1. The molecule has 0 heterocycles. The molecule has 0 aliphatic rings. The second-order valence-electron chi connectivity index (χ2n) is 8.99. The van der Waals surface area contributed by atoms with E-state index in [1.807, 2.05) is 0 Å². The Morgan fingerprint density at radius 1 is 0.556 bits per heavy atom. The number of rotatable bonds is 18. The van der Waals surface area contributed by atoms with Crippen LogP contribution in [-0.2, 0) is 5.41 Å². The Bertz CT molecular complexity index is 423. The summed E-state index contributed by atoms with van der Waals surface area (Å²) in [6.45, 7) is 4.78. The summed E-state index contributed by atoms with van der Waals surface area (Å²) >= 11 is 5.70. The van der Waals surface area contributed by atoms with Gasteiger partial charge in [-0.1, -0.05) is 134 Å². The first-order valence-electron chi connectivity index (χ1n) is 11.8. The van der Waals surface area contributed by atoms with Gasteiger partial charge in [0.15, 0.2) is 0 Å². The Morgan fingerprint density at radius 2 is 0.926 bits per heavy atom. The fourth-order valence-corrected chi connectivity index (χ4v) is 4.18. The summed E-state index contributed by atoms with van der Waals surface area (Å²) in [6.07, 6.45) is 22.4. The van der Waals surface area contributed by atoms with Crippen LogP contribution in [-0.4, -0.2) is 5.88 Å². The molecule has 27 heavy (non-hydrogen) atoms. The smallest absolute Gasteiger partial charge is 0.0223 e. The number of halogens is 1. The van der Waals surface area contributed by atoms with E-state index in [1.54, 1.807) is 0 Å². The van der Waals surface area contributed by atoms with Crippen molar-refractivity contribution in [1.29, 1.82) is 0 Å². The van der Waals surface area contributed by atoms with Gasteiger partial charge in [0.25, 0.3) is 0 Å². The highest BCUT2D eigenvalue weighted by atomic mass is 35.5. The third-order valence-electron chi connectivity index (χ3n) is 5.99. The lowest BCUT2D eigenvalue weighted by atomic mass is 9.80. The predicted octanol–water partition coefficient (Wildman–Crippen LogP) is 9.44. The Morgan fingerprint density at radius 3 is 1.33 bits per heavy atom. The van der Waals surface area contributed by atoms with Crippen molar-refractivity contribution in [3.63, 3.8) is 0 Å². The van der Waals surface area contributed by atoms with Crippen LogP contribution in [0.2, 0.25) is 0 Å². The van der Waals surface area contributed by atoms with Gasteiger partial charge in [0.1, 0.15) is 0 Å². The summed E-state index contributed by atoms with van der Waals surface area (Å²) in [4.78, 5) is 0. The fraction of sp³-hybridized carbons (Fsp3) is 0.769. The number of hydrogen-bond donors (Lipinski definition) is 0. The van der Waals surface area contributed by atoms with E-state index >= 15 is 0 Å². The van der Waals surface area contributed by atoms with Gasteiger partial charge >= 0.3 is 0 Å². The minimum absolute atomic E-state index is 0.325. The molecule has 156 valence electrons. The summed E-state index contributed by atoms with van der Waals surface area (Å²) in [7, 11) is 0. The van der Waals surface area contributed by atoms with Gasteiger partial charge in [-0.25, -0.2) is 0 Å². The molecule has 0 unspecified atom stereocenters. The standard InChI is InChI=1S/C26H45Cl/c1-26(2,25-21-17-16-18-22-25)23-19-14-12-10-8-6-4-3-5-7-9-11-13-15-20-24-27/h16-18,21-22H,3-15,19-20,23-24H2,1-2H3. The highest BCUT2D eigenvalue weighted by Gasteiger charge is 2.19. The van der Waals surface area contributed by atoms with Gasteiger partial charge in [0.2, 0.25) is 0 Å². The number of hydrogen-bond acceptors (Lipinski definition) is 0. The molecule has 0 fully saturated rings. The predicted molar refractivity (Wildman–Crippen MR) is 124 cm³/mol. The van der Waals surface area contributed by atoms with Crippen LogP contribution in [0.4, 0.5) is 0 Å². The van der Waals surface area contributed by atoms with E-state index in [-0.39, 0.29) is 0 Å². The molecule has 0 N–H and O–H groups in total. The molecule has 0 saturated carbocycles. The van der Waals surface area contributed by atoms with Crippen LogP contribution >= 0.6 is 11.6 Å². The van der Waals surface area contributed by atoms with Crippen LogP contribution in [0, 0.1) is 0 Å². The zero-order valence-corrected chi connectivity index (χ0v) is 19.0. The molecule has 0 radical (unpaired) electrons. The molecule has 1 aromatic carbocycles. The Balaban J connectivity index is 1.83. The summed E-state index contributed by atoms with van der Waals surface area (Å²) in [5, 5.41) is 0. The van der Waals surface area contributed by atoms with Crippen molar-refractivity contribution in [2.24, 2.45) is 0 Å². The highest BCUT2D eigenvalue weighted by Crippen LogP contribution is 2.29. The molecule has 1 aromatic rings. The maximum Gasteiger partial charge on any atom is 0.0223 e. The minimum Gasteiger partial charge on any atom is -0.127 e. The molecule has 0 amide bonds. The summed E-state index contributed by atoms with van der Waals surface area (Å²) in [6, 6.07) is 11.0. The monoisotopic (exact) mass is 392 g/mol. The van der Waals surface area contributed by atoms with Gasteiger partial charge in [0, 0.05) is 5.88 Å². The van der Waals surface area contributed by atoms with Crippen LogP contribution in [0.3, 0.4) is 0 Å². The molecule has 0 aromatic heterocycles. The van der Waals surface area contributed by atoms with Crippen LogP contribution in [0.25, 0.3) is 0 Å². The third kappa shape index (κ3) is 13.3. The van der Waals surface area contributed by atoms with E-state index in [0.29, 0.717) is 5.41 Å². The van der Waals surface area contributed by atoms with Gasteiger partial charge in [-0.2, -0.15) is 0 Å². The lowest BCUT2D eigenvalue weighted by Gasteiger charge is -2.25. The van der Waals surface area contributed by atoms with Crippen LogP contribution in [0.15, 0.2) is 30.3 Å². The lowest BCUT2D eigenvalue weighted by molar-refractivity contribution is 0.441. The SMILES string of the molecule is CC(C)(CCCCCCCCCCCCCCCCCCl)c1ccccc1. The molecule has 0 aliphatic heterocycles. The lowest BCUT2D eigenvalue weighted by Crippen LogP contribution is -2.16. The molecule has 0 aliphatic carbocycles. The molecular formula is C26H45Cl. The van der Waals surface area contributed by atoms with Gasteiger partial charge in [0.05, 0.1) is 0 Å². The number of unbranched alkanes of at least 4 members (excludes halogenated alkanes) is 14. The molecule has 1 heteroatoms. The average molecular weight is 393 g/mol. The van der Waals surface area contributed by atoms with Crippen molar-refractivity contribution in [3.8, 4) is 0 Å². The maximum atomic E-state index is 5.70. The first kappa shape index (κ1) is 24.5. The third-order valence-corrected chi connectivity index (χ3v) is 6.26. The zero-order chi connectivity index (χ0) is 19.6. The van der Waals surface area contributed by atoms with Crippen molar-refractivity contribution in [2.75, 3.05) is 5.88 Å². The van der Waals surface area contributed by atoms with Crippen molar-refractivity contribution >= 4 is 11.6 Å². The number of benzene rings is 1. The molecule has 1 rings (SSSR count). The molecular weight excluding hydrogens is 348 g/mol. The van der Waals surface area contributed by atoms with E-state index in [2.05, 4.69) is 44.2 Å². The minimum atomic E-state index is 0.325. The largest absolute Gasteiger partial charge is 0.127 e. The van der Waals surface area contributed by atoms with Gasteiger partial charge < -0.3 is 0 Å². The highest BCUT2D eigenvalue weighted by molar-refractivity contribution is 6.17. The van der Waals surface area contributed by atoms with Crippen LogP contribution in [0.1, 0.15) is 122 Å². The van der Waals surface area contributed by atoms with E-state index in [1.165, 1.54) is 108 Å². The van der Waals surface area contributed by atoms with E-state index in [4.69, 9.17) is 11.6 Å². The fourth-order valence-electron chi connectivity index (χ4n) is 3.99. The van der Waals surface area contributed by atoms with Gasteiger partial charge in [-0.3, -0.25) is 0 Å². The second-order valence-corrected chi connectivity index (χ2v) is 9.37. The van der Waals surface area contributed by atoms with Crippen molar-refractivity contribution in [3.05, 3.63) is 35.9 Å². The first-order valence-corrected chi connectivity index (χ1v) is 12.3. The maximum absolute atomic E-state index is 5.70. The normalized spacial score (nSPS) is 11.8. The van der Waals surface area contributed by atoms with E-state index in [9.17, 15) is 0 Å². The Hall–Kier alpha value is -0.490. The summed E-state index contributed by atoms with van der Waals surface area (Å²) < 4.78 is 0. The molecule has 0 atom stereocenters. The van der Waals surface area contributed by atoms with Crippen molar-refractivity contribution in [1.82, 2.24) is 0 Å². The zero-order valence-electron chi connectivity index (χ0n) is 18.3. The first-order chi connectivity index (χ1) is 13.2. The van der Waals surface area contributed by atoms with Gasteiger partial charge in [-0.05, 0) is 23.8 Å². The molecule has 0 bridgehead atoms. The van der Waals surface area contributed by atoms with E-state index in [0.717, 1.165) is 5.88 Å². The topological polar surface area (TPSA) is 0 Å². The molecule has 0 spiro atoms. The Labute approximate surface area is 175 Å². The Kier molecular flexibility index (Phi) is 15.0. The molecule has 0 saturated heterocycles. The summed E-state index contributed by atoms with van der Waals surface area (Å²) in [5.41, 5.74) is 1.81. The second kappa shape index (κ2) is 16.5. The summed E-state index contributed by atoms with van der Waals surface area (Å²) in [5.74, 6) is 0.839. The van der Waals surface area contributed by atoms with E-state index < -0.39 is 0 Å². The van der Waals surface area contributed by atoms with Crippen LogP contribution < -0.4 is 0 Å². The average Bonchev–Trinajstić information content (AvgIpc) is 2.68. The van der Waals surface area contributed by atoms with Crippen molar-refractivity contribution in [2.45, 2.75) is 122 Å². The van der Waals surface area contributed by atoms with Crippen molar-refractivity contribution < 1.29 is 0 Å². The van der Waals surface area contributed by atoms with Crippen LogP contribution in [0.5, 0.6) is 0 Å².